The Morgan fingerprint density at radius 2 is 0.750 bits per heavy atom. The first-order valence-corrected chi connectivity index (χ1v) is 22.3. The highest BCUT2D eigenvalue weighted by atomic mass is 32.1. The molecule has 0 radical (unpaired) electrons. The molecular weight excluding hydrogens is 649 g/mol. The molecule has 10 unspecified atom stereocenters. The van der Waals surface area contributed by atoms with Crippen molar-refractivity contribution in [2.45, 2.75) is 197 Å². The zero-order chi connectivity index (χ0) is 33.7. The molecule has 10 atom stereocenters. The predicted molar refractivity (Wildman–Crippen MR) is 226 cm³/mol. The standard InChI is InChI=1S/C38H78S6/c1-9-17-22-28(13-5)33(40)32(26-21-27-39)38(35(42)30(15-7)24-19-11-3,36(43)31(16-8)25-20-12-4)37(44)34(41)29(14-6)23-18-10-2/h28-37,39-44H,9-27H2,1-8H3. The number of hydrogen-bond donors (Lipinski definition) is 6. The maximum Gasteiger partial charge on any atom is 0.0217 e. The molecule has 266 valence electrons. The highest BCUT2D eigenvalue weighted by Crippen LogP contribution is 2.59. The second-order valence-corrected chi connectivity index (χ2v) is 17.3. The van der Waals surface area contributed by atoms with Gasteiger partial charge in [0, 0.05) is 31.7 Å². The summed E-state index contributed by atoms with van der Waals surface area (Å²) in [6.07, 6.45) is 21.7. The van der Waals surface area contributed by atoms with Crippen LogP contribution in [0.3, 0.4) is 0 Å². The van der Waals surface area contributed by atoms with Crippen LogP contribution in [0.2, 0.25) is 0 Å². The minimum Gasteiger partial charge on any atom is -0.179 e. The summed E-state index contributed by atoms with van der Waals surface area (Å²) in [6.45, 7) is 18.9. The molecule has 0 N–H and O–H groups in total. The summed E-state index contributed by atoms with van der Waals surface area (Å²) in [4.78, 5) is 0. The largest absolute Gasteiger partial charge is 0.179 e. The summed E-state index contributed by atoms with van der Waals surface area (Å²) >= 11 is 33.7. The molecule has 0 saturated heterocycles. The molecule has 0 saturated carbocycles. The Morgan fingerprint density at radius 1 is 0.409 bits per heavy atom. The van der Waals surface area contributed by atoms with Crippen LogP contribution in [0, 0.1) is 35.0 Å². The highest BCUT2D eigenvalue weighted by molar-refractivity contribution is 7.85. The van der Waals surface area contributed by atoms with Crippen molar-refractivity contribution in [3.63, 3.8) is 0 Å². The summed E-state index contributed by atoms with van der Waals surface area (Å²) < 4.78 is 0. The Morgan fingerprint density at radius 3 is 1.07 bits per heavy atom. The van der Waals surface area contributed by atoms with Gasteiger partial charge in [-0.1, -0.05) is 132 Å². The summed E-state index contributed by atoms with van der Waals surface area (Å²) in [5.74, 6) is 3.43. The van der Waals surface area contributed by atoms with E-state index in [4.69, 9.17) is 75.8 Å². The summed E-state index contributed by atoms with van der Waals surface area (Å²) in [5.41, 5.74) is -0.209. The molecule has 0 rings (SSSR count). The lowest BCUT2D eigenvalue weighted by molar-refractivity contribution is 0.0604. The van der Waals surface area contributed by atoms with E-state index in [0.717, 1.165) is 37.9 Å². The molecule has 0 aliphatic carbocycles. The van der Waals surface area contributed by atoms with E-state index in [1.54, 1.807) is 0 Å². The Kier molecular flexibility index (Phi) is 28.2. The SMILES string of the molecule is CCCCC(CC)C(S)C(S)C(C(S)C(CC)CCCC)(C(S)C(CC)CCCC)C(CCCS)C(S)C(CC)CCCC. The van der Waals surface area contributed by atoms with Crippen molar-refractivity contribution < 1.29 is 0 Å². The summed E-state index contributed by atoms with van der Waals surface area (Å²) in [6, 6.07) is 0. The molecule has 0 amide bonds. The van der Waals surface area contributed by atoms with Crippen molar-refractivity contribution in [1.29, 1.82) is 0 Å². The molecule has 0 fully saturated rings. The molecule has 6 heteroatoms. The monoisotopic (exact) mass is 726 g/mol. The van der Waals surface area contributed by atoms with E-state index in [-0.39, 0.29) is 31.7 Å². The number of rotatable bonds is 29. The van der Waals surface area contributed by atoms with Gasteiger partial charge in [-0.2, -0.15) is 75.8 Å². The Labute approximate surface area is 311 Å². The van der Waals surface area contributed by atoms with Crippen LogP contribution in [0.1, 0.15) is 171 Å². The maximum absolute atomic E-state index is 5.86. The molecule has 0 aromatic carbocycles. The average Bonchev–Trinajstić information content (AvgIpc) is 3.03. The quantitative estimate of drug-likeness (QED) is 0.0406. The van der Waals surface area contributed by atoms with E-state index < -0.39 is 0 Å². The molecule has 0 heterocycles. The van der Waals surface area contributed by atoms with Crippen molar-refractivity contribution in [2.24, 2.45) is 35.0 Å². The lowest BCUT2D eigenvalue weighted by Gasteiger charge is -2.59. The summed E-state index contributed by atoms with van der Waals surface area (Å²) in [5, 5.41) is 0.963. The van der Waals surface area contributed by atoms with Crippen LogP contribution in [0.4, 0.5) is 0 Å². The van der Waals surface area contributed by atoms with Crippen molar-refractivity contribution >= 4 is 75.8 Å². The fourth-order valence-electron chi connectivity index (χ4n) is 8.18. The average molecular weight is 727 g/mol. The first kappa shape index (κ1) is 46.1. The van der Waals surface area contributed by atoms with Gasteiger partial charge in [0.25, 0.3) is 0 Å². The van der Waals surface area contributed by atoms with Crippen molar-refractivity contribution in [3.8, 4) is 0 Å². The van der Waals surface area contributed by atoms with E-state index in [9.17, 15) is 0 Å². The Bertz CT molecular complexity index is 637. The van der Waals surface area contributed by atoms with Gasteiger partial charge >= 0.3 is 0 Å². The van der Waals surface area contributed by atoms with Gasteiger partial charge < -0.3 is 0 Å². The van der Waals surface area contributed by atoms with Gasteiger partial charge in [-0.3, -0.25) is 0 Å². The second-order valence-electron chi connectivity index (χ2n) is 14.0. The smallest absolute Gasteiger partial charge is 0.0217 e. The molecule has 0 aromatic heterocycles. The minimum absolute atomic E-state index is 0.0900. The maximum atomic E-state index is 5.86. The van der Waals surface area contributed by atoms with Crippen LogP contribution >= 0.6 is 75.8 Å². The van der Waals surface area contributed by atoms with E-state index in [0.29, 0.717) is 29.6 Å². The molecule has 0 aromatic rings. The van der Waals surface area contributed by atoms with Gasteiger partial charge in [0.05, 0.1) is 0 Å². The van der Waals surface area contributed by atoms with E-state index >= 15 is 0 Å². The van der Waals surface area contributed by atoms with Gasteiger partial charge in [-0.25, -0.2) is 0 Å². The van der Waals surface area contributed by atoms with Gasteiger partial charge in [0.2, 0.25) is 0 Å². The lowest BCUT2D eigenvalue weighted by Crippen LogP contribution is -2.62. The predicted octanol–water partition coefficient (Wildman–Crippen LogP) is 13.7. The van der Waals surface area contributed by atoms with Gasteiger partial charge in [-0.05, 0) is 73.9 Å². The van der Waals surface area contributed by atoms with E-state index in [2.05, 4.69) is 55.4 Å². The molecule has 44 heavy (non-hydrogen) atoms. The molecule has 0 aliphatic heterocycles. The molecule has 0 spiro atoms. The van der Waals surface area contributed by atoms with Crippen LogP contribution in [0.5, 0.6) is 0 Å². The minimum atomic E-state index is -0.209. The normalized spacial score (nSPS) is 20.6. The Hall–Kier alpha value is 2.10. The zero-order valence-electron chi connectivity index (χ0n) is 30.4. The third kappa shape index (κ3) is 13.4. The second kappa shape index (κ2) is 26.9. The lowest BCUT2D eigenvalue weighted by atomic mass is 9.56. The van der Waals surface area contributed by atoms with Crippen LogP contribution in [0.15, 0.2) is 0 Å². The van der Waals surface area contributed by atoms with Crippen molar-refractivity contribution in [3.05, 3.63) is 0 Å². The fraction of sp³-hybridized carbons (Fsp3) is 1.00. The van der Waals surface area contributed by atoms with Crippen LogP contribution in [0.25, 0.3) is 0 Å². The van der Waals surface area contributed by atoms with Crippen molar-refractivity contribution in [1.82, 2.24) is 0 Å². The van der Waals surface area contributed by atoms with Gasteiger partial charge in [-0.15, -0.1) is 0 Å². The van der Waals surface area contributed by atoms with Gasteiger partial charge in [0.1, 0.15) is 0 Å². The Balaban J connectivity index is 7.78. The van der Waals surface area contributed by atoms with Crippen LogP contribution in [-0.4, -0.2) is 32.0 Å². The molecule has 0 aliphatic rings. The van der Waals surface area contributed by atoms with Gasteiger partial charge in [0.15, 0.2) is 0 Å². The summed E-state index contributed by atoms with van der Waals surface area (Å²) in [7, 11) is 0. The van der Waals surface area contributed by atoms with E-state index in [1.807, 2.05) is 0 Å². The fourth-order valence-corrected chi connectivity index (χ4v) is 12.6. The van der Waals surface area contributed by atoms with Crippen LogP contribution < -0.4 is 0 Å². The number of hydrogen-bond acceptors (Lipinski definition) is 6. The molecule has 0 nitrogen and oxygen atoms in total. The molecular formula is C38H78S6. The first-order valence-electron chi connectivity index (χ1n) is 19.1. The third-order valence-electron chi connectivity index (χ3n) is 11.3. The molecule has 0 bridgehead atoms. The first-order chi connectivity index (χ1) is 21.1. The number of unbranched alkanes of at least 4 members (excludes halogenated alkanes) is 4. The third-order valence-corrected chi connectivity index (χ3v) is 15.8. The topological polar surface area (TPSA) is 0 Å². The van der Waals surface area contributed by atoms with E-state index in [1.165, 1.54) is 83.5 Å². The zero-order valence-corrected chi connectivity index (χ0v) is 35.8. The number of thiol groups is 6. The van der Waals surface area contributed by atoms with Crippen LogP contribution in [-0.2, 0) is 0 Å². The van der Waals surface area contributed by atoms with Crippen molar-refractivity contribution in [2.75, 3.05) is 5.75 Å². The highest BCUT2D eigenvalue weighted by Gasteiger charge is 2.59.